The fraction of sp³-hybridized carbons (Fsp3) is 0.171. The number of benzene rings is 4. The summed E-state index contributed by atoms with van der Waals surface area (Å²) in [7, 11) is 3.06. The van der Waals surface area contributed by atoms with E-state index in [1.807, 2.05) is 51.1 Å². The smallest absolute Gasteiger partial charge is 0.272 e. The number of ether oxygens (including phenoxy) is 2. The molecule has 0 saturated heterocycles. The van der Waals surface area contributed by atoms with Crippen molar-refractivity contribution in [1.82, 2.24) is 5.32 Å². The Balaban J connectivity index is 1.54. The lowest BCUT2D eigenvalue weighted by Gasteiger charge is -2.16. The highest BCUT2D eigenvalue weighted by Gasteiger charge is 2.19. The van der Waals surface area contributed by atoms with Crippen molar-refractivity contribution in [3.63, 3.8) is 0 Å². The van der Waals surface area contributed by atoms with E-state index in [1.54, 1.807) is 73.8 Å². The van der Waals surface area contributed by atoms with Crippen LogP contribution in [-0.4, -0.2) is 37.2 Å². The normalized spacial score (nSPS) is 11.7. The molecule has 3 N–H and O–H groups in total. The van der Waals surface area contributed by atoms with Gasteiger partial charge in [-0.05, 0) is 80.4 Å². The number of nitrogens with one attached hydrogen (secondary N) is 3. The molecule has 0 bridgehead atoms. The van der Waals surface area contributed by atoms with Crippen LogP contribution in [0.4, 0.5) is 11.4 Å². The maximum Gasteiger partial charge on any atom is 0.272 e. The molecule has 44 heavy (non-hydrogen) atoms. The van der Waals surface area contributed by atoms with Crippen molar-refractivity contribution in [3.05, 3.63) is 119 Å². The Hall–Kier alpha value is -5.02. The van der Waals surface area contributed by atoms with Crippen molar-refractivity contribution in [1.29, 1.82) is 0 Å². The highest BCUT2D eigenvalue weighted by atomic mass is 32.2. The van der Waals surface area contributed by atoms with Gasteiger partial charge in [0.25, 0.3) is 11.8 Å². The number of carbonyl (C=O) groups excluding carboxylic acids is 3. The maximum absolute atomic E-state index is 13.6. The van der Waals surface area contributed by atoms with Crippen molar-refractivity contribution >= 4 is 46.9 Å². The number of rotatable bonds is 11. The lowest BCUT2D eigenvalue weighted by molar-refractivity contribution is -0.115. The number of carbonyl (C=O) groups is 3. The lowest BCUT2D eigenvalue weighted by atomic mass is 10.1. The van der Waals surface area contributed by atoms with E-state index < -0.39 is 17.1 Å². The third kappa shape index (κ3) is 8.29. The molecule has 4 aromatic carbocycles. The molecule has 3 amide bonds. The predicted octanol–water partition coefficient (Wildman–Crippen LogP) is 6.85. The van der Waals surface area contributed by atoms with Crippen molar-refractivity contribution in [2.24, 2.45) is 0 Å². The number of methoxy groups -OCH3 is 2. The van der Waals surface area contributed by atoms with Gasteiger partial charge in [0.15, 0.2) is 0 Å². The Labute approximate surface area is 261 Å². The number of thioether (sulfide) groups is 1. The van der Waals surface area contributed by atoms with Gasteiger partial charge in [0.1, 0.15) is 17.2 Å². The van der Waals surface area contributed by atoms with Gasteiger partial charge in [-0.1, -0.05) is 42.5 Å². The van der Waals surface area contributed by atoms with Crippen LogP contribution in [-0.2, 0) is 9.59 Å². The molecule has 4 rings (SSSR count). The molecule has 4 aromatic rings. The van der Waals surface area contributed by atoms with Crippen LogP contribution in [0.25, 0.3) is 6.08 Å². The van der Waals surface area contributed by atoms with E-state index in [-0.39, 0.29) is 11.6 Å². The molecule has 0 spiro atoms. The summed E-state index contributed by atoms with van der Waals surface area (Å²) in [5.41, 5.74) is 4.30. The Morgan fingerprint density at radius 2 is 1.50 bits per heavy atom. The molecule has 0 aliphatic carbocycles. The van der Waals surface area contributed by atoms with Gasteiger partial charge in [-0.2, -0.15) is 0 Å². The average Bonchev–Trinajstić information content (AvgIpc) is 3.03. The van der Waals surface area contributed by atoms with E-state index in [0.29, 0.717) is 28.3 Å². The van der Waals surface area contributed by atoms with Crippen LogP contribution in [0, 0.1) is 13.8 Å². The van der Waals surface area contributed by atoms with Crippen LogP contribution in [0.2, 0.25) is 0 Å². The number of amides is 3. The van der Waals surface area contributed by atoms with E-state index in [1.165, 1.54) is 18.9 Å². The minimum atomic E-state index is -0.532. The third-order valence-corrected chi connectivity index (χ3v) is 7.87. The highest BCUT2D eigenvalue weighted by Crippen LogP contribution is 2.29. The molecule has 0 aliphatic rings. The van der Waals surface area contributed by atoms with Gasteiger partial charge in [0, 0.05) is 33.5 Å². The summed E-state index contributed by atoms with van der Waals surface area (Å²) in [5, 5.41) is 8.25. The van der Waals surface area contributed by atoms with Crippen LogP contribution in [0.15, 0.2) is 102 Å². The van der Waals surface area contributed by atoms with E-state index >= 15 is 0 Å². The minimum absolute atomic E-state index is 0.0155. The second-order valence-corrected chi connectivity index (χ2v) is 11.4. The van der Waals surface area contributed by atoms with E-state index in [9.17, 15) is 14.4 Å². The van der Waals surface area contributed by atoms with Gasteiger partial charge in [-0.25, -0.2) is 0 Å². The molecular weight excluding hydrogens is 574 g/mol. The quantitative estimate of drug-likeness (QED) is 0.127. The summed E-state index contributed by atoms with van der Waals surface area (Å²) >= 11 is 1.38. The molecule has 226 valence electrons. The SMILES string of the molecule is COc1ccc(/C=C(/NC(=O)c2ccccc2)C(=O)Nc2cccc(SC(C)C(=O)Nc3c(C)cccc3C)c2)c(OC)c1. The molecule has 0 fully saturated rings. The minimum Gasteiger partial charge on any atom is -0.497 e. The van der Waals surface area contributed by atoms with Gasteiger partial charge in [0.05, 0.1) is 19.5 Å². The number of aryl methyl sites for hydroxylation is 2. The molecule has 0 saturated carbocycles. The fourth-order valence-electron chi connectivity index (χ4n) is 4.38. The van der Waals surface area contributed by atoms with Gasteiger partial charge in [-0.3, -0.25) is 14.4 Å². The van der Waals surface area contributed by atoms with E-state index in [2.05, 4.69) is 16.0 Å². The highest BCUT2D eigenvalue weighted by molar-refractivity contribution is 8.00. The number of hydrogen-bond acceptors (Lipinski definition) is 6. The zero-order valence-corrected chi connectivity index (χ0v) is 26.1. The number of para-hydroxylation sites is 1. The van der Waals surface area contributed by atoms with Crippen molar-refractivity contribution < 1.29 is 23.9 Å². The first kappa shape index (κ1) is 31.9. The van der Waals surface area contributed by atoms with Crippen LogP contribution in [0.1, 0.15) is 34.0 Å². The Kier molecular flexibility index (Phi) is 10.8. The summed E-state index contributed by atoms with van der Waals surface area (Å²) in [6.45, 7) is 5.76. The fourth-order valence-corrected chi connectivity index (χ4v) is 5.30. The molecule has 0 radical (unpaired) electrons. The molecule has 9 heteroatoms. The number of hydrogen-bond donors (Lipinski definition) is 3. The molecule has 1 atom stereocenters. The van der Waals surface area contributed by atoms with Crippen LogP contribution in [0.5, 0.6) is 11.5 Å². The lowest BCUT2D eigenvalue weighted by Crippen LogP contribution is -2.30. The molecule has 0 aliphatic heterocycles. The van der Waals surface area contributed by atoms with Crippen molar-refractivity contribution in [2.75, 3.05) is 24.9 Å². The molecule has 0 heterocycles. The van der Waals surface area contributed by atoms with Gasteiger partial charge >= 0.3 is 0 Å². The first-order chi connectivity index (χ1) is 21.2. The van der Waals surface area contributed by atoms with Gasteiger partial charge in [0.2, 0.25) is 5.91 Å². The molecule has 8 nitrogen and oxygen atoms in total. The Bertz CT molecular complexity index is 1670. The average molecular weight is 610 g/mol. The van der Waals surface area contributed by atoms with E-state index in [0.717, 1.165) is 21.7 Å². The largest absolute Gasteiger partial charge is 0.497 e. The van der Waals surface area contributed by atoms with Crippen LogP contribution < -0.4 is 25.4 Å². The van der Waals surface area contributed by atoms with Gasteiger partial charge < -0.3 is 25.4 Å². The van der Waals surface area contributed by atoms with Crippen molar-refractivity contribution in [2.45, 2.75) is 30.9 Å². The second kappa shape index (κ2) is 14.9. The van der Waals surface area contributed by atoms with Crippen LogP contribution in [0.3, 0.4) is 0 Å². The van der Waals surface area contributed by atoms with E-state index in [4.69, 9.17) is 9.47 Å². The predicted molar refractivity (Wildman–Crippen MR) is 176 cm³/mol. The maximum atomic E-state index is 13.6. The summed E-state index contributed by atoms with van der Waals surface area (Å²) in [4.78, 5) is 40.4. The Morgan fingerprint density at radius 3 is 2.18 bits per heavy atom. The second-order valence-electron chi connectivity index (χ2n) is 9.98. The number of anilines is 2. The standard InChI is InChI=1S/C35H35N3O5S/c1-22-11-9-12-23(2)32(22)38-33(39)24(3)44-29-16-10-15-27(20-29)36-35(41)30(37-34(40)25-13-7-6-8-14-25)19-26-17-18-28(42-4)21-31(26)43-5/h6-21,24H,1-5H3,(H,36,41)(H,37,40)(H,38,39)/b30-19+. The summed E-state index contributed by atoms with van der Waals surface area (Å²) in [6, 6.07) is 26.9. The first-order valence-electron chi connectivity index (χ1n) is 13.9. The van der Waals surface area contributed by atoms with Crippen molar-refractivity contribution in [3.8, 4) is 11.5 Å². The van der Waals surface area contributed by atoms with Crippen LogP contribution >= 0.6 is 11.8 Å². The molecule has 1 unspecified atom stereocenters. The summed E-state index contributed by atoms with van der Waals surface area (Å²) in [5.74, 6) is -0.0356. The molecule has 0 aromatic heterocycles. The monoisotopic (exact) mass is 609 g/mol. The first-order valence-corrected chi connectivity index (χ1v) is 14.8. The molecular formula is C35H35N3O5S. The topological polar surface area (TPSA) is 106 Å². The summed E-state index contributed by atoms with van der Waals surface area (Å²) < 4.78 is 10.8. The van der Waals surface area contributed by atoms with Gasteiger partial charge in [-0.15, -0.1) is 11.8 Å². The third-order valence-electron chi connectivity index (χ3n) is 6.77. The zero-order chi connectivity index (χ0) is 31.6. The summed E-state index contributed by atoms with van der Waals surface area (Å²) in [6.07, 6.45) is 1.55. The zero-order valence-electron chi connectivity index (χ0n) is 25.3. The Morgan fingerprint density at radius 1 is 0.795 bits per heavy atom.